The highest BCUT2D eigenvalue weighted by atomic mass is 35.5. The van der Waals surface area contributed by atoms with Crippen LogP contribution in [0.2, 0.25) is 5.15 Å². The van der Waals surface area contributed by atoms with Crippen LogP contribution in [0, 0.1) is 0 Å². The Morgan fingerprint density at radius 2 is 1.61 bits per heavy atom. The molecule has 6 aromatic rings. The fraction of sp³-hybridized carbons (Fsp3) is 0.192. The molecule has 0 amide bonds. The number of hydrogen-bond donors (Lipinski definition) is 1. The van der Waals surface area contributed by atoms with Gasteiger partial charge in [0.1, 0.15) is 24.6 Å². The quantitative estimate of drug-likeness (QED) is 0.144. The molecule has 0 spiro atoms. The van der Waals surface area contributed by atoms with Crippen molar-refractivity contribution in [2.24, 2.45) is 0 Å². The number of aromatic nitrogens is 5. The van der Waals surface area contributed by atoms with Crippen LogP contribution < -0.4 is 14.8 Å². The van der Waals surface area contributed by atoms with E-state index in [1.54, 1.807) is 0 Å². The molecule has 9 nitrogen and oxygen atoms in total. The second-order valence-corrected chi connectivity index (χ2v) is 11.4. The summed E-state index contributed by atoms with van der Waals surface area (Å²) in [6, 6.07) is 9.19. The van der Waals surface area contributed by atoms with Crippen LogP contribution in [0.3, 0.4) is 0 Å². The first kappa shape index (κ1) is 29.8. The van der Waals surface area contributed by atoms with E-state index in [1.165, 1.54) is 18.5 Å². The molecule has 18 heteroatoms. The zero-order chi connectivity index (χ0) is 31.1. The summed E-state index contributed by atoms with van der Waals surface area (Å²) in [6.07, 6.45) is -5.32. The lowest BCUT2D eigenvalue weighted by Gasteiger charge is -2.05. The molecule has 0 atom stereocenters. The molecule has 0 saturated carbocycles. The maximum Gasteiger partial charge on any atom is 0.425 e. The van der Waals surface area contributed by atoms with Gasteiger partial charge in [-0.3, -0.25) is 0 Å². The number of alkyl halides is 6. The van der Waals surface area contributed by atoms with Gasteiger partial charge in [-0.2, -0.15) is 26.3 Å². The third kappa shape index (κ3) is 6.48. The van der Waals surface area contributed by atoms with Crippen molar-refractivity contribution < 1.29 is 40.3 Å². The van der Waals surface area contributed by atoms with Gasteiger partial charge in [-0.15, -0.1) is 22.7 Å². The molecule has 0 fully saturated rings. The van der Waals surface area contributed by atoms with Gasteiger partial charge in [-0.05, 0) is 36.2 Å². The number of ether oxygens (including phenoxy) is 2. The minimum atomic E-state index is -4.43. The van der Waals surface area contributed by atoms with Crippen molar-refractivity contribution in [3.05, 3.63) is 69.3 Å². The number of thiophene rings is 2. The zero-order valence-corrected chi connectivity index (χ0v) is 24.1. The van der Waals surface area contributed by atoms with E-state index in [4.69, 9.17) is 25.6 Å². The molecule has 0 bridgehead atoms. The van der Waals surface area contributed by atoms with Crippen LogP contribution in [0.4, 0.5) is 32.3 Å². The van der Waals surface area contributed by atoms with Crippen molar-refractivity contribution in [3.63, 3.8) is 0 Å². The predicted octanol–water partition coefficient (Wildman–Crippen LogP) is 8.11. The largest absolute Gasteiger partial charge is 0.454 e. The van der Waals surface area contributed by atoms with E-state index in [9.17, 15) is 26.3 Å². The third-order valence-corrected chi connectivity index (χ3v) is 8.42. The van der Waals surface area contributed by atoms with Crippen LogP contribution in [0.1, 0.15) is 15.3 Å². The molecule has 1 aliphatic rings. The second kappa shape index (κ2) is 11.7. The first-order valence-corrected chi connectivity index (χ1v) is 14.4. The fourth-order valence-electron chi connectivity index (χ4n) is 3.94. The zero-order valence-electron chi connectivity index (χ0n) is 21.7. The van der Waals surface area contributed by atoms with Crippen LogP contribution in [-0.2, 0) is 18.8 Å². The van der Waals surface area contributed by atoms with Gasteiger partial charge in [0.25, 0.3) is 0 Å². The Kier molecular flexibility index (Phi) is 7.93. The van der Waals surface area contributed by atoms with Gasteiger partial charge in [-0.25, -0.2) is 19.9 Å². The van der Waals surface area contributed by atoms with Gasteiger partial charge in [-0.1, -0.05) is 22.8 Å². The van der Waals surface area contributed by atoms with Crippen molar-refractivity contribution >= 4 is 60.7 Å². The number of halogens is 7. The van der Waals surface area contributed by atoms with E-state index in [-0.39, 0.29) is 33.7 Å². The summed E-state index contributed by atoms with van der Waals surface area (Å²) in [4.78, 5) is 15.1. The van der Waals surface area contributed by atoms with Crippen molar-refractivity contribution in [3.8, 4) is 23.1 Å². The van der Waals surface area contributed by atoms with Crippen LogP contribution in [0.15, 0.2) is 53.3 Å². The minimum absolute atomic E-state index is 0.0526. The van der Waals surface area contributed by atoms with Crippen molar-refractivity contribution in [2.75, 3.05) is 18.7 Å². The molecular formula is C26H15ClF6N6O3S2. The van der Waals surface area contributed by atoms with E-state index < -0.39 is 22.1 Å². The normalized spacial score (nSPS) is 12.9. The predicted molar refractivity (Wildman–Crippen MR) is 150 cm³/mol. The van der Waals surface area contributed by atoms with E-state index in [1.807, 2.05) is 18.2 Å². The summed E-state index contributed by atoms with van der Waals surface area (Å²) in [6.45, 7) is 0.772. The smallest absolute Gasteiger partial charge is 0.425 e. The van der Waals surface area contributed by atoms with Gasteiger partial charge >= 0.3 is 12.4 Å². The summed E-state index contributed by atoms with van der Waals surface area (Å²) >= 11 is 6.99. The van der Waals surface area contributed by atoms with Crippen molar-refractivity contribution in [1.82, 2.24) is 25.1 Å². The number of hydrogen-bond acceptors (Lipinski definition) is 11. The number of benzene rings is 1. The molecule has 6 heterocycles. The van der Waals surface area contributed by atoms with Crippen LogP contribution in [-0.4, -0.2) is 38.4 Å². The van der Waals surface area contributed by atoms with E-state index >= 15 is 0 Å². The lowest BCUT2D eigenvalue weighted by atomic mass is 10.1. The van der Waals surface area contributed by atoms with Gasteiger partial charge in [0.15, 0.2) is 11.5 Å². The number of nitrogens with zero attached hydrogens (tertiary/aromatic N) is 5. The molecule has 1 N–H and O–H groups in total. The van der Waals surface area contributed by atoms with Gasteiger partial charge in [0.05, 0.1) is 6.20 Å². The Labute approximate surface area is 255 Å². The topological polar surface area (TPSA) is 108 Å². The summed E-state index contributed by atoms with van der Waals surface area (Å²) in [5.41, 5.74) is 1.05. The molecule has 0 radical (unpaired) electrons. The maximum atomic E-state index is 12.7. The molecule has 0 aliphatic carbocycles. The number of anilines is 1. The standard InChI is InChI=1S/C16H12F3N3O2S.C10H3ClF3N3OS/c17-16(18,19)13-6-10-7-21-15(22-14(10)25-13)20-4-3-9-1-2-11-12(5-9)24-8-23-11;11-7-4-3-6(10(12,13)14)19-9(4)17-8(16-7)5-1-2-15-18-5/h1-2,5-7H,3-4,8H2,(H,20,21,22);1-3H. The molecular weight excluding hydrogens is 658 g/mol. The average Bonchev–Trinajstić information content (AvgIpc) is 3.77. The molecule has 5 aromatic heterocycles. The highest BCUT2D eigenvalue weighted by Crippen LogP contribution is 2.40. The Morgan fingerprint density at radius 3 is 2.36 bits per heavy atom. The van der Waals surface area contributed by atoms with E-state index in [0.29, 0.717) is 57.6 Å². The molecule has 44 heavy (non-hydrogen) atoms. The van der Waals surface area contributed by atoms with E-state index in [0.717, 1.165) is 23.4 Å². The SMILES string of the molecule is FC(F)(F)c1cc2c(Cl)nc(-c3ccno3)nc2s1.FC(F)(F)c1cc2cnc(NCCc3ccc4c(c3)OCO4)nc2s1. The Morgan fingerprint density at radius 1 is 0.864 bits per heavy atom. The molecule has 1 aliphatic heterocycles. The first-order chi connectivity index (χ1) is 20.9. The Hall–Kier alpha value is -4.22. The number of nitrogens with one attached hydrogen (secondary N) is 1. The maximum absolute atomic E-state index is 12.7. The molecule has 7 rings (SSSR count). The molecule has 228 valence electrons. The highest BCUT2D eigenvalue weighted by molar-refractivity contribution is 7.19. The summed E-state index contributed by atoms with van der Waals surface area (Å²) in [5.74, 6) is 2.09. The second-order valence-electron chi connectivity index (χ2n) is 8.97. The number of fused-ring (bicyclic) bond motifs is 3. The molecule has 1 aromatic carbocycles. The van der Waals surface area contributed by atoms with Gasteiger partial charge in [0, 0.05) is 29.6 Å². The molecule has 0 saturated heterocycles. The Bertz CT molecular complexity index is 1950. The van der Waals surface area contributed by atoms with Gasteiger partial charge in [0.2, 0.25) is 24.3 Å². The summed E-state index contributed by atoms with van der Waals surface area (Å²) < 4.78 is 91.5. The van der Waals surface area contributed by atoms with Gasteiger partial charge < -0.3 is 19.3 Å². The molecule has 0 unspecified atom stereocenters. The highest BCUT2D eigenvalue weighted by Gasteiger charge is 2.34. The monoisotopic (exact) mass is 672 g/mol. The van der Waals surface area contributed by atoms with Crippen LogP contribution >= 0.6 is 34.3 Å². The summed E-state index contributed by atoms with van der Waals surface area (Å²) in [7, 11) is 0. The third-order valence-electron chi connectivity index (χ3n) is 5.97. The van der Waals surface area contributed by atoms with Crippen LogP contribution in [0.5, 0.6) is 11.5 Å². The lowest BCUT2D eigenvalue weighted by Crippen LogP contribution is -2.07. The minimum Gasteiger partial charge on any atom is -0.454 e. The fourth-order valence-corrected chi connectivity index (χ4v) is 5.99. The lowest BCUT2D eigenvalue weighted by molar-refractivity contribution is -0.135. The van der Waals surface area contributed by atoms with E-state index in [2.05, 4.69) is 30.4 Å². The first-order valence-electron chi connectivity index (χ1n) is 12.4. The number of rotatable bonds is 5. The summed E-state index contributed by atoms with van der Waals surface area (Å²) in [5, 5.41) is 7.01. The van der Waals surface area contributed by atoms with Crippen molar-refractivity contribution in [1.29, 1.82) is 0 Å². The Balaban J connectivity index is 0.000000162. The van der Waals surface area contributed by atoms with Crippen molar-refractivity contribution in [2.45, 2.75) is 18.8 Å². The van der Waals surface area contributed by atoms with Crippen LogP contribution in [0.25, 0.3) is 32.0 Å². The average molecular weight is 673 g/mol.